The predicted octanol–water partition coefficient (Wildman–Crippen LogP) is 4.74. The van der Waals surface area contributed by atoms with Gasteiger partial charge in [-0.1, -0.05) is 6.07 Å². The van der Waals surface area contributed by atoms with E-state index in [2.05, 4.69) is 36.2 Å². The molecule has 0 bridgehead atoms. The predicted molar refractivity (Wildman–Crippen MR) is 138 cm³/mol. The van der Waals surface area contributed by atoms with Crippen molar-refractivity contribution in [2.24, 2.45) is 0 Å². The zero-order chi connectivity index (χ0) is 26.9. The molecule has 6 nitrogen and oxygen atoms in total. The SMILES string of the molecule is Cc1c(OCC2CNCCO2)ccc([C@H]2CCC[C@H]3CN(C(=O)c4ccc(C(F)(F)F)cc4)CCN32)c1C. The number of carbonyl (C=O) groups excluding carboxylic acids is 1. The molecule has 1 unspecified atom stereocenters. The van der Waals surface area contributed by atoms with Crippen molar-refractivity contribution in [2.75, 3.05) is 45.9 Å². The molecule has 0 radical (unpaired) electrons. The molecule has 0 saturated carbocycles. The number of piperidine rings is 1. The van der Waals surface area contributed by atoms with Crippen molar-refractivity contribution < 1.29 is 27.4 Å². The Kier molecular flexibility index (Phi) is 7.98. The maximum Gasteiger partial charge on any atom is 0.416 e. The fourth-order valence-corrected chi connectivity index (χ4v) is 6.00. The van der Waals surface area contributed by atoms with Gasteiger partial charge in [-0.15, -0.1) is 0 Å². The number of hydrogen-bond donors (Lipinski definition) is 1. The first-order valence-electron chi connectivity index (χ1n) is 13.5. The summed E-state index contributed by atoms with van der Waals surface area (Å²) in [7, 11) is 0. The summed E-state index contributed by atoms with van der Waals surface area (Å²) >= 11 is 0. The van der Waals surface area contributed by atoms with Crippen molar-refractivity contribution in [2.45, 2.75) is 57.5 Å². The number of nitrogens with zero attached hydrogens (tertiary/aromatic N) is 2. The standard InChI is InChI=1S/C29H36F3N3O3/c1-19-20(2)27(38-18-24-16-33-12-15-37-24)11-10-25(19)26-5-3-4-23-17-34(13-14-35(23)26)28(36)21-6-8-22(9-7-21)29(30,31)32/h6-11,23-24,26,33H,3-5,12-18H2,1-2H3/t23-,24?,26+/m0/s1. The normalized spacial score (nSPS) is 24.7. The van der Waals surface area contributed by atoms with Gasteiger partial charge in [-0.3, -0.25) is 9.69 Å². The molecule has 0 spiro atoms. The van der Waals surface area contributed by atoms with Crippen LogP contribution in [0.3, 0.4) is 0 Å². The lowest BCUT2D eigenvalue weighted by molar-refractivity contribution is -0.137. The number of fused-ring (bicyclic) bond motifs is 1. The third-order valence-electron chi connectivity index (χ3n) is 8.26. The first kappa shape index (κ1) is 27.0. The minimum atomic E-state index is -4.41. The molecule has 206 valence electrons. The Morgan fingerprint density at radius 1 is 1.08 bits per heavy atom. The molecule has 5 rings (SSSR count). The molecule has 0 aromatic heterocycles. The van der Waals surface area contributed by atoms with Crippen LogP contribution in [0, 0.1) is 13.8 Å². The Morgan fingerprint density at radius 2 is 1.87 bits per heavy atom. The molecule has 1 N–H and O–H groups in total. The molecule has 3 atom stereocenters. The van der Waals surface area contributed by atoms with E-state index in [4.69, 9.17) is 9.47 Å². The Morgan fingerprint density at radius 3 is 2.58 bits per heavy atom. The molecule has 2 aromatic rings. The lowest BCUT2D eigenvalue weighted by atomic mass is 9.86. The van der Waals surface area contributed by atoms with Gasteiger partial charge in [0.25, 0.3) is 5.91 Å². The van der Waals surface area contributed by atoms with Crippen LogP contribution >= 0.6 is 0 Å². The van der Waals surface area contributed by atoms with Crippen LogP contribution in [0.2, 0.25) is 0 Å². The van der Waals surface area contributed by atoms with Crippen molar-refractivity contribution in [1.29, 1.82) is 0 Å². The number of hydrogen-bond acceptors (Lipinski definition) is 5. The van der Waals surface area contributed by atoms with Gasteiger partial charge in [0.1, 0.15) is 18.5 Å². The molecular formula is C29H36F3N3O3. The number of benzene rings is 2. The van der Waals surface area contributed by atoms with Crippen molar-refractivity contribution in [1.82, 2.24) is 15.1 Å². The molecule has 2 aromatic carbocycles. The minimum absolute atomic E-state index is 0.0591. The molecule has 3 saturated heterocycles. The molecule has 3 aliphatic rings. The molecule has 0 aliphatic carbocycles. The summed E-state index contributed by atoms with van der Waals surface area (Å²) in [4.78, 5) is 17.4. The van der Waals surface area contributed by atoms with E-state index in [9.17, 15) is 18.0 Å². The zero-order valence-corrected chi connectivity index (χ0v) is 22.0. The van der Waals surface area contributed by atoms with Gasteiger partial charge < -0.3 is 19.7 Å². The Hall–Kier alpha value is -2.62. The molecule has 3 fully saturated rings. The van der Waals surface area contributed by atoms with Gasteiger partial charge >= 0.3 is 6.18 Å². The summed E-state index contributed by atoms with van der Waals surface area (Å²) in [5.74, 6) is 0.686. The molecule has 1 amide bonds. The van der Waals surface area contributed by atoms with Gasteiger partial charge in [-0.2, -0.15) is 13.2 Å². The first-order valence-corrected chi connectivity index (χ1v) is 13.5. The highest BCUT2D eigenvalue weighted by atomic mass is 19.4. The van der Waals surface area contributed by atoms with Crippen molar-refractivity contribution in [3.8, 4) is 5.75 Å². The van der Waals surface area contributed by atoms with Crippen molar-refractivity contribution in [3.05, 3.63) is 64.2 Å². The molecule has 3 heterocycles. The smallest absolute Gasteiger partial charge is 0.416 e. The topological polar surface area (TPSA) is 54.0 Å². The summed E-state index contributed by atoms with van der Waals surface area (Å²) in [6, 6.07) is 9.30. The van der Waals surface area contributed by atoms with Crippen molar-refractivity contribution >= 4 is 5.91 Å². The summed E-state index contributed by atoms with van der Waals surface area (Å²) in [6.07, 6.45) is -1.22. The molecule has 9 heteroatoms. The van der Waals surface area contributed by atoms with Crippen LogP contribution in [-0.2, 0) is 10.9 Å². The van der Waals surface area contributed by atoms with Gasteiger partial charge in [0.2, 0.25) is 0 Å². The Labute approximate surface area is 222 Å². The van der Waals surface area contributed by atoms with Gasteiger partial charge in [0.15, 0.2) is 0 Å². The second-order valence-corrected chi connectivity index (χ2v) is 10.6. The Bertz CT molecular complexity index is 1130. The number of rotatable bonds is 5. The van der Waals surface area contributed by atoms with Crippen LogP contribution < -0.4 is 10.1 Å². The summed E-state index contributed by atoms with van der Waals surface area (Å²) < 4.78 is 50.6. The van der Waals surface area contributed by atoms with Crippen LogP contribution in [0.1, 0.15) is 57.9 Å². The fraction of sp³-hybridized carbons (Fsp3) is 0.552. The monoisotopic (exact) mass is 531 g/mol. The largest absolute Gasteiger partial charge is 0.491 e. The van der Waals surface area contributed by atoms with Gasteiger partial charge in [-0.25, -0.2) is 0 Å². The molecule has 38 heavy (non-hydrogen) atoms. The number of ether oxygens (including phenoxy) is 2. The minimum Gasteiger partial charge on any atom is -0.491 e. The molecular weight excluding hydrogens is 495 g/mol. The van der Waals surface area contributed by atoms with E-state index < -0.39 is 11.7 Å². The van der Waals surface area contributed by atoms with E-state index in [1.54, 1.807) is 4.90 Å². The zero-order valence-electron chi connectivity index (χ0n) is 22.0. The number of amides is 1. The van der Waals surface area contributed by atoms with E-state index in [0.29, 0.717) is 31.9 Å². The maximum absolute atomic E-state index is 13.1. The second kappa shape index (κ2) is 11.2. The van der Waals surface area contributed by atoms with Gasteiger partial charge in [0.05, 0.1) is 12.2 Å². The number of morpholine rings is 1. The van der Waals surface area contributed by atoms with E-state index in [-0.39, 0.29) is 24.1 Å². The van der Waals surface area contributed by atoms with E-state index in [0.717, 1.165) is 62.3 Å². The average molecular weight is 532 g/mol. The third kappa shape index (κ3) is 5.70. The molecule has 3 aliphatic heterocycles. The van der Waals surface area contributed by atoms with Crippen LogP contribution in [0.15, 0.2) is 36.4 Å². The number of piperazine rings is 1. The summed E-state index contributed by atoms with van der Waals surface area (Å²) in [6.45, 7) is 9.05. The van der Waals surface area contributed by atoms with Crippen molar-refractivity contribution in [3.63, 3.8) is 0 Å². The number of nitrogens with one attached hydrogen (secondary N) is 1. The van der Waals surface area contributed by atoms with Crippen LogP contribution in [0.5, 0.6) is 5.75 Å². The first-order chi connectivity index (χ1) is 18.2. The average Bonchev–Trinajstić information content (AvgIpc) is 2.93. The highest BCUT2D eigenvalue weighted by molar-refractivity contribution is 5.94. The van der Waals surface area contributed by atoms with Gasteiger partial charge in [-0.05, 0) is 80.1 Å². The third-order valence-corrected chi connectivity index (χ3v) is 8.26. The number of alkyl halides is 3. The van der Waals surface area contributed by atoms with Gasteiger partial charge in [0, 0.05) is 50.4 Å². The number of halogens is 3. The maximum atomic E-state index is 13.1. The summed E-state index contributed by atoms with van der Waals surface area (Å²) in [5.41, 5.74) is 3.24. The lowest BCUT2D eigenvalue weighted by Crippen LogP contribution is -2.57. The van der Waals surface area contributed by atoms with E-state index in [1.807, 2.05) is 0 Å². The van der Waals surface area contributed by atoms with E-state index >= 15 is 0 Å². The van der Waals surface area contributed by atoms with E-state index in [1.165, 1.54) is 23.3 Å². The lowest BCUT2D eigenvalue weighted by Gasteiger charge is -2.49. The fourth-order valence-electron chi connectivity index (χ4n) is 6.00. The van der Waals surface area contributed by atoms with Crippen LogP contribution in [-0.4, -0.2) is 73.8 Å². The summed E-state index contributed by atoms with van der Waals surface area (Å²) in [5, 5.41) is 3.33. The Balaban J connectivity index is 1.25. The number of carbonyl (C=O) groups is 1. The van der Waals surface area contributed by atoms with Crippen LogP contribution in [0.25, 0.3) is 0 Å². The highest BCUT2D eigenvalue weighted by Gasteiger charge is 2.38. The van der Waals surface area contributed by atoms with Crippen LogP contribution in [0.4, 0.5) is 13.2 Å². The highest BCUT2D eigenvalue weighted by Crippen LogP contribution is 2.40. The second-order valence-electron chi connectivity index (χ2n) is 10.6. The quantitative estimate of drug-likeness (QED) is 0.604.